The molecule has 0 spiro atoms. The Labute approximate surface area is 114 Å². The van der Waals surface area contributed by atoms with Gasteiger partial charge in [0.1, 0.15) is 11.6 Å². The number of halogens is 1. The molecule has 19 heavy (non-hydrogen) atoms. The first-order valence-electron chi connectivity index (χ1n) is 5.59. The van der Waals surface area contributed by atoms with Crippen LogP contribution in [0.5, 0.6) is 5.75 Å². The smallest absolute Gasteiger partial charge is 0.174 e. The Hall–Kier alpha value is -1.88. The van der Waals surface area contributed by atoms with E-state index in [0.717, 1.165) is 4.90 Å². The van der Waals surface area contributed by atoms with Crippen LogP contribution in [0.25, 0.3) is 0 Å². The number of nitrogens with zero attached hydrogens (tertiary/aromatic N) is 1. The fourth-order valence-corrected chi connectivity index (χ4v) is 2.31. The number of methoxy groups -OCH3 is 1. The molecule has 0 radical (unpaired) electrons. The highest BCUT2D eigenvalue weighted by atomic mass is 32.2. The van der Waals surface area contributed by atoms with Crippen LogP contribution >= 0.6 is 11.8 Å². The summed E-state index contributed by atoms with van der Waals surface area (Å²) in [7, 11) is 1.52. The van der Waals surface area contributed by atoms with Gasteiger partial charge in [0.25, 0.3) is 0 Å². The minimum absolute atomic E-state index is 0.0688. The molecule has 0 bridgehead atoms. The van der Waals surface area contributed by atoms with Gasteiger partial charge in [-0.1, -0.05) is 6.07 Å². The van der Waals surface area contributed by atoms with Gasteiger partial charge in [0.05, 0.1) is 19.1 Å². The summed E-state index contributed by atoms with van der Waals surface area (Å²) in [6.07, 6.45) is 3.04. The summed E-state index contributed by atoms with van der Waals surface area (Å²) in [6.45, 7) is 0. The second-order valence-electron chi connectivity index (χ2n) is 3.78. The average molecular weight is 277 g/mol. The number of ketones is 1. The van der Waals surface area contributed by atoms with Crippen LogP contribution in [0.1, 0.15) is 10.4 Å². The highest BCUT2D eigenvalue weighted by Crippen LogP contribution is 2.20. The molecule has 3 nitrogen and oxygen atoms in total. The Morgan fingerprint density at radius 3 is 2.95 bits per heavy atom. The molecule has 5 heteroatoms. The first kappa shape index (κ1) is 13.5. The SMILES string of the molecule is COc1cncc(C(=O)CSc2cccc(F)c2)c1. The van der Waals surface area contributed by atoms with E-state index in [0.29, 0.717) is 11.3 Å². The van der Waals surface area contributed by atoms with E-state index in [2.05, 4.69) is 4.98 Å². The highest BCUT2D eigenvalue weighted by Gasteiger charge is 2.08. The number of carbonyl (C=O) groups excluding carboxylic acids is 1. The minimum Gasteiger partial charge on any atom is -0.495 e. The van der Waals surface area contributed by atoms with Crippen molar-refractivity contribution in [2.24, 2.45) is 0 Å². The van der Waals surface area contributed by atoms with Crippen molar-refractivity contribution < 1.29 is 13.9 Å². The van der Waals surface area contributed by atoms with Crippen molar-refractivity contribution in [2.75, 3.05) is 12.9 Å². The lowest BCUT2D eigenvalue weighted by Gasteiger charge is -2.03. The third-order valence-electron chi connectivity index (χ3n) is 2.44. The lowest BCUT2D eigenvalue weighted by atomic mass is 10.2. The van der Waals surface area contributed by atoms with E-state index in [1.807, 2.05) is 0 Å². The van der Waals surface area contributed by atoms with Gasteiger partial charge in [-0.25, -0.2) is 4.39 Å². The molecular formula is C14H12FNO2S. The Morgan fingerprint density at radius 1 is 1.37 bits per heavy atom. The van der Waals surface area contributed by atoms with E-state index in [-0.39, 0.29) is 17.4 Å². The van der Waals surface area contributed by atoms with Gasteiger partial charge < -0.3 is 4.74 Å². The van der Waals surface area contributed by atoms with Gasteiger partial charge in [-0.2, -0.15) is 0 Å². The van der Waals surface area contributed by atoms with E-state index in [9.17, 15) is 9.18 Å². The molecule has 1 heterocycles. The quantitative estimate of drug-likeness (QED) is 0.621. The number of aromatic nitrogens is 1. The molecule has 0 N–H and O–H groups in total. The predicted octanol–water partition coefficient (Wildman–Crippen LogP) is 3.20. The maximum absolute atomic E-state index is 13.0. The Bertz CT molecular complexity index is 589. The second kappa shape index (κ2) is 6.33. The number of thioether (sulfide) groups is 1. The molecular weight excluding hydrogens is 265 g/mol. The number of hydrogen-bond acceptors (Lipinski definition) is 4. The van der Waals surface area contributed by atoms with Gasteiger partial charge in [0.2, 0.25) is 0 Å². The Morgan fingerprint density at radius 2 is 2.21 bits per heavy atom. The summed E-state index contributed by atoms with van der Waals surface area (Å²) < 4.78 is 18.0. The van der Waals surface area contributed by atoms with E-state index in [1.165, 1.54) is 43.4 Å². The van der Waals surface area contributed by atoms with Gasteiger partial charge >= 0.3 is 0 Å². The molecule has 0 amide bonds. The third-order valence-corrected chi connectivity index (χ3v) is 3.43. The number of pyridine rings is 1. The largest absolute Gasteiger partial charge is 0.495 e. The zero-order chi connectivity index (χ0) is 13.7. The van der Waals surface area contributed by atoms with Crippen molar-refractivity contribution in [3.63, 3.8) is 0 Å². The predicted molar refractivity (Wildman–Crippen MR) is 72.2 cm³/mol. The van der Waals surface area contributed by atoms with Gasteiger partial charge in [0, 0.05) is 16.7 Å². The number of hydrogen-bond donors (Lipinski definition) is 0. The maximum atomic E-state index is 13.0. The first-order valence-corrected chi connectivity index (χ1v) is 6.58. The number of Topliss-reactive ketones (excluding diaryl/α,β-unsaturated/α-hetero) is 1. The van der Waals surface area contributed by atoms with E-state index < -0.39 is 0 Å². The molecule has 0 atom stereocenters. The topological polar surface area (TPSA) is 39.2 Å². The summed E-state index contributed by atoms with van der Waals surface area (Å²) in [6, 6.07) is 7.81. The molecule has 0 aliphatic rings. The summed E-state index contributed by atoms with van der Waals surface area (Å²) in [5, 5.41) is 0. The fourth-order valence-electron chi connectivity index (χ4n) is 1.47. The minimum atomic E-state index is -0.305. The van der Waals surface area contributed by atoms with Crippen LogP contribution < -0.4 is 4.74 Å². The summed E-state index contributed by atoms with van der Waals surface area (Å²) in [5.74, 6) is 0.404. The van der Waals surface area contributed by atoms with Crippen LogP contribution in [-0.4, -0.2) is 23.6 Å². The lowest BCUT2D eigenvalue weighted by Crippen LogP contribution is -2.03. The maximum Gasteiger partial charge on any atom is 0.174 e. The van der Waals surface area contributed by atoms with Crippen LogP contribution in [-0.2, 0) is 0 Å². The van der Waals surface area contributed by atoms with Crippen LogP contribution in [0.4, 0.5) is 4.39 Å². The molecule has 98 valence electrons. The number of rotatable bonds is 5. The summed E-state index contributed by atoms with van der Waals surface area (Å²) >= 11 is 1.29. The van der Waals surface area contributed by atoms with Gasteiger partial charge in [-0.3, -0.25) is 9.78 Å². The van der Waals surface area contributed by atoms with Gasteiger partial charge in [-0.05, 0) is 24.3 Å². The van der Waals surface area contributed by atoms with E-state index in [1.54, 1.807) is 18.2 Å². The number of ether oxygens (including phenoxy) is 1. The molecule has 0 saturated heterocycles. The van der Waals surface area contributed by atoms with Crippen molar-refractivity contribution in [1.82, 2.24) is 4.98 Å². The molecule has 0 unspecified atom stereocenters. The van der Waals surface area contributed by atoms with E-state index in [4.69, 9.17) is 4.74 Å². The molecule has 1 aromatic heterocycles. The average Bonchev–Trinajstić information content (AvgIpc) is 2.45. The Balaban J connectivity index is 2.01. The molecule has 0 saturated carbocycles. The van der Waals surface area contributed by atoms with Crippen molar-refractivity contribution >= 4 is 17.5 Å². The zero-order valence-corrected chi connectivity index (χ0v) is 11.1. The number of benzene rings is 1. The lowest BCUT2D eigenvalue weighted by molar-refractivity contribution is 0.102. The van der Waals surface area contributed by atoms with Crippen molar-refractivity contribution in [2.45, 2.75) is 4.90 Å². The van der Waals surface area contributed by atoms with Crippen molar-refractivity contribution in [3.8, 4) is 5.75 Å². The van der Waals surface area contributed by atoms with E-state index >= 15 is 0 Å². The second-order valence-corrected chi connectivity index (χ2v) is 4.83. The number of carbonyl (C=O) groups is 1. The van der Waals surface area contributed by atoms with Crippen LogP contribution in [0, 0.1) is 5.82 Å². The van der Waals surface area contributed by atoms with Crippen molar-refractivity contribution in [1.29, 1.82) is 0 Å². The zero-order valence-electron chi connectivity index (χ0n) is 10.3. The molecule has 0 fully saturated rings. The monoisotopic (exact) mass is 277 g/mol. The Kier molecular flexibility index (Phi) is 4.52. The van der Waals surface area contributed by atoms with Crippen LogP contribution in [0.3, 0.4) is 0 Å². The van der Waals surface area contributed by atoms with Crippen LogP contribution in [0.2, 0.25) is 0 Å². The standard InChI is InChI=1S/C14H12FNO2S/c1-18-12-5-10(7-16-8-12)14(17)9-19-13-4-2-3-11(15)6-13/h2-8H,9H2,1H3. The summed E-state index contributed by atoms with van der Waals surface area (Å²) in [4.78, 5) is 16.6. The van der Waals surface area contributed by atoms with Gasteiger partial charge in [-0.15, -0.1) is 11.8 Å². The molecule has 2 aromatic rings. The first-order chi connectivity index (χ1) is 9.19. The molecule has 0 aliphatic heterocycles. The van der Waals surface area contributed by atoms with Crippen molar-refractivity contribution in [3.05, 3.63) is 54.1 Å². The molecule has 2 rings (SSSR count). The molecule has 1 aromatic carbocycles. The summed E-state index contributed by atoms with van der Waals surface area (Å²) in [5.41, 5.74) is 0.489. The third kappa shape index (κ3) is 3.79. The van der Waals surface area contributed by atoms with Gasteiger partial charge in [0.15, 0.2) is 5.78 Å². The molecule has 0 aliphatic carbocycles. The van der Waals surface area contributed by atoms with Crippen LogP contribution in [0.15, 0.2) is 47.6 Å². The normalized spacial score (nSPS) is 10.2. The fraction of sp³-hybridized carbons (Fsp3) is 0.143. The highest BCUT2D eigenvalue weighted by molar-refractivity contribution is 8.00.